The van der Waals surface area contributed by atoms with Crippen molar-refractivity contribution in [3.8, 4) is 5.75 Å². The molecule has 8 heteroatoms. The summed E-state index contributed by atoms with van der Waals surface area (Å²) in [5, 5.41) is 2.61. The van der Waals surface area contributed by atoms with Crippen molar-refractivity contribution in [3.63, 3.8) is 0 Å². The third-order valence-electron chi connectivity index (χ3n) is 3.44. The molecule has 5 nitrogen and oxygen atoms in total. The zero-order chi connectivity index (χ0) is 19.2. The molecule has 0 saturated carbocycles. The zero-order valence-electron chi connectivity index (χ0n) is 14.0. The monoisotopic (exact) mass is 366 g/mol. The Morgan fingerprint density at radius 3 is 2.65 bits per heavy atom. The number of benzene rings is 1. The van der Waals surface area contributed by atoms with Crippen LogP contribution < -0.4 is 10.1 Å². The first-order valence-corrected chi connectivity index (χ1v) is 7.86. The first-order chi connectivity index (χ1) is 12.3. The molecule has 0 bridgehead atoms. The molecule has 1 amide bonds. The summed E-state index contributed by atoms with van der Waals surface area (Å²) in [7, 11) is 0. The van der Waals surface area contributed by atoms with Crippen LogP contribution >= 0.6 is 0 Å². The maximum absolute atomic E-state index is 12.2. The number of nitrogens with one attached hydrogen (secondary N) is 1. The van der Waals surface area contributed by atoms with Crippen molar-refractivity contribution < 1.29 is 27.5 Å². The van der Waals surface area contributed by atoms with Crippen LogP contribution in [0.1, 0.15) is 35.0 Å². The van der Waals surface area contributed by atoms with Crippen LogP contribution in [0.15, 0.2) is 42.6 Å². The predicted molar refractivity (Wildman–Crippen MR) is 87.5 cm³/mol. The smallest absolute Gasteiger partial charge is 0.406 e. The summed E-state index contributed by atoms with van der Waals surface area (Å²) in [6.45, 7) is 1.77. The second-order valence-electron chi connectivity index (χ2n) is 5.48. The van der Waals surface area contributed by atoms with E-state index in [1.165, 1.54) is 36.5 Å². The van der Waals surface area contributed by atoms with Gasteiger partial charge in [0.05, 0.1) is 0 Å². The van der Waals surface area contributed by atoms with Gasteiger partial charge in [0.2, 0.25) is 0 Å². The van der Waals surface area contributed by atoms with E-state index in [0.717, 1.165) is 0 Å². The second-order valence-corrected chi connectivity index (χ2v) is 5.48. The topological polar surface area (TPSA) is 68.3 Å². The van der Waals surface area contributed by atoms with Gasteiger partial charge in [-0.2, -0.15) is 0 Å². The van der Waals surface area contributed by atoms with E-state index in [9.17, 15) is 22.8 Å². The molecule has 0 aliphatic carbocycles. The fourth-order valence-electron chi connectivity index (χ4n) is 2.18. The Bertz CT molecular complexity index is 791. The highest BCUT2D eigenvalue weighted by Crippen LogP contribution is 2.23. The molecule has 2 rings (SSSR count). The molecule has 0 aliphatic heterocycles. The zero-order valence-corrected chi connectivity index (χ0v) is 14.0. The van der Waals surface area contributed by atoms with Gasteiger partial charge in [-0.15, -0.1) is 13.2 Å². The number of alkyl halides is 3. The van der Waals surface area contributed by atoms with Crippen LogP contribution in [0.2, 0.25) is 0 Å². The second kappa shape index (κ2) is 8.46. The lowest BCUT2D eigenvalue weighted by Crippen LogP contribution is -2.23. The minimum atomic E-state index is -4.77. The molecule has 1 aromatic heterocycles. The average molecular weight is 366 g/mol. The minimum absolute atomic E-state index is 0.0107. The van der Waals surface area contributed by atoms with Gasteiger partial charge in [-0.05, 0) is 29.8 Å². The Kier molecular flexibility index (Phi) is 6.32. The van der Waals surface area contributed by atoms with Crippen LogP contribution in [0.5, 0.6) is 5.75 Å². The van der Waals surface area contributed by atoms with E-state index < -0.39 is 12.3 Å². The van der Waals surface area contributed by atoms with E-state index in [4.69, 9.17) is 0 Å². The van der Waals surface area contributed by atoms with Crippen LogP contribution in [0.4, 0.5) is 13.2 Å². The quantitative estimate of drug-likeness (QED) is 0.815. The van der Waals surface area contributed by atoms with E-state index in [-0.39, 0.29) is 24.5 Å². The van der Waals surface area contributed by atoms with Crippen molar-refractivity contribution in [2.45, 2.75) is 32.7 Å². The largest absolute Gasteiger partial charge is 0.573 e. The summed E-state index contributed by atoms with van der Waals surface area (Å²) < 4.78 is 40.6. The maximum Gasteiger partial charge on any atom is 0.573 e. The number of hydrogen-bond donors (Lipinski definition) is 1. The number of carbonyl (C=O) groups excluding carboxylic acids is 2. The lowest BCUT2D eigenvalue weighted by Gasteiger charge is -2.11. The molecule has 0 radical (unpaired) electrons. The van der Waals surface area contributed by atoms with Gasteiger partial charge in [0.15, 0.2) is 0 Å². The minimum Gasteiger partial charge on any atom is -0.406 e. The van der Waals surface area contributed by atoms with Crippen LogP contribution in [-0.2, 0) is 17.8 Å². The molecule has 0 saturated heterocycles. The lowest BCUT2D eigenvalue weighted by molar-refractivity contribution is -0.274. The number of aromatic nitrogens is 1. The Morgan fingerprint density at radius 2 is 1.96 bits per heavy atom. The van der Waals surface area contributed by atoms with Gasteiger partial charge in [-0.1, -0.05) is 19.1 Å². The van der Waals surface area contributed by atoms with Crippen LogP contribution in [0.3, 0.4) is 0 Å². The summed E-state index contributed by atoms with van der Waals surface area (Å²) in [6, 6.07) is 8.37. The van der Waals surface area contributed by atoms with Gasteiger partial charge in [-0.3, -0.25) is 14.6 Å². The molecule has 0 atom stereocenters. The predicted octanol–water partition coefficient (Wildman–Crippen LogP) is 3.43. The third kappa shape index (κ3) is 6.19. The number of carbonyl (C=O) groups is 2. The maximum atomic E-state index is 12.2. The van der Waals surface area contributed by atoms with Gasteiger partial charge in [0, 0.05) is 36.8 Å². The van der Waals surface area contributed by atoms with Crippen molar-refractivity contribution in [1.82, 2.24) is 10.3 Å². The molecule has 26 heavy (non-hydrogen) atoms. The molecule has 0 spiro atoms. The number of amides is 1. The molecule has 0 fully saturated rings. The van der Waals surface area contributed by atoms with E-state index in [1.54, 1.807) is 13.0 Å². The molecular weight excluding hydrogens is 349 g/mol. The Balaban J connectivity index is 1.99. The fraction of sp³-hybridized carbons (Fsp3) is 0.278. The van der Waals surface area contributed by atoms with Crippen molar-refractivity contribution >= 4 is 11.7 Å². The van der Waals surface area contributed by atoms with E-state index >= 15 is 0 Å². The number of rotatable bonds is 7. The number of ether oxygens (including phenoxy) is 1. The summed E-state index contributed by atoms with van der Waals surface area (Å²) in [4.78, 5) is 27.7. The number of hydrogen-bond acceptors (Lipinski definition) is 4. The number of nitrogens with zero attached hydrogens (tertiary/aromatic N) is 1. The van der Waals surface area contributed by atoms with Gasteiger partial charge in [-0.25, -0.2) is 0 Å². The molecule has 1 aromatic carbocycles. The van der Waals surface area contributed by atoms with Crippen molar-refractivity contribution in [2.24, 2.45) is 0 Å². The first kappa shape index (κ1) is 19.4. The van der Waals surface area contributed by atoms with Gasteiger partial charge >= 0.3 is 6.36 Å². The average Bonchev–Trinajstić information content (AvgIpc) is 2.58. The SMILES string of the molecule is CCC(=O)Cc1cc(C(=O)NCc2cccc(OC(F)(F)F)c2)ccn1. The molecule has 0 aliphatic rings. The molecular formula is C18H17F3N2O3. The van der Waals surface area contributed by atoms with E-state index in [0.29, 0.717) is 23.2 Å². The number of Topliss-reactive ketones (excluding diaryl/α,β-unsaturated/α-hetero) is 1. The van der Waals surface area contributed by atoms with Gasteiger partial charge < -0.3 is 10.1 Å². The molecule has 1 heterocycles. The third-order valence-corrected chi connectivity index (χ3v) is 3.44. The van der Waals surface area contributed by atoms with Gasteiger partial charge in [0.25, 0.3) is 5.91 Å². The molecule has 0 unspecified atom stereocenters. The summed E-state index contributed by atoms with van der Waals surface area (Å²) in [6.07, 6.45) is -2.81. The van der Waals surface area contributed by atoms with Crippen LogP contribution in [0.25, 0.3) is 0 Å². The lowest BCUT2D eigenvalue weighted by atomic mass is 10.1. The highest BCUT2D eigenvalue weighted by atomic mass is 19.4. The Hall–Kier alpha value is -2.90. The highest BCUT2D eigenvalue weighted by molar-refractivity contribution is 5.94. The standard InChI is InChI=1S/C18H17F3N2O3/c1-2-15(24)10-14-9-13(6-7-22-14)17(25)23-11-12-4-3-5-16(8-12)26-18(19,20)21/h3-9H,2,10-11H2,1H3,(H,23,25). The summed E-state index contributed by atoms with van der Waals surface area (Å²) in [5.74, 6) is -0.759. The summed E-state index contributed by atoms with van der Waals surface area (Å²) in [5.41, 5.74) is 1.27. The number of halogens is 3. The highest BCUT2D eigenvalue weighted by Gasteiger charge is 2.31. The summed E-state index contributed by atoms with van der Waals surface area (Å²) >= 11 is 0. The Morgan fingerprint density at radius 1 is 1.19 bits per heavy atom. The number of pyridine rings is 1. The molecule has 1 N–H and O–H groups in total. The Labute approximate surface area is 148 Å². The van der Waals surface area contributed by atoms with Crippen molar-refractivity contribution in [1.29, 1.82) is 0 Å². The van der Waals surface area contributed by atoms with E-state index in [1.807, 2.05) is 0 Å². The fourth-order valence-corrected chi connectivity index (χ4v) is 2.18. The molecule has 2 aromatic rings. The normalized spacial score (nSPS) is 11.1. The number of ketones is 1. The molecule has 138 valence electrons. The van der Waals surface area contributed by atoms with Crippen molar-refractivity contribution in [2.75, 3.05) is 0 Å². The van der Waals surface area contributed by atoms with E-state index in [2.05, 4.69) is 15.0 Å². The first-order valence-electron chi connectivity index (χ1n) is 7.86. The van der Waals surface area contributed by atoms with Crippen LogP contribution in [0, 0.1) is 0 Å². The van der Waals surface area contributed by atoms with Crippen molar-refractivity contribution in [3.05, 3.63) is 59.4 Å². The van der Waals surface area contributed by atoms with Crippen LogP contribution in [-0.4, -0.2) is 23.0 Å². The van der Waals surface area contributed by atoms with Gasteiger partial charge in [0.1, 0.15) is 11.5 Å².